The molecule has 1 aromatic heterocycles. The molecule has 0 amide bonds. The zero-order valence-electron chi connectivity index (χ0n) is 15.4. The van der Waals surface area contributed by atoms with Gasteiger partial charge in [-0.1, -0.05) is 30.3 Å². The van der Waals surface area contributed by atoms with Crippen molar-refractivity contribution >= 4 is 17.0 Å². The Kier molecular flexibility index (Phi) is 4.20. The Morgan fingerprint density at radius 3 is 2.89 bits per heavy atom. The van der Waals surface area contributed by atoms with Crippen LogP contribution in [0.15, 0.2) is 65.1 Å². The van der Waals surface area contributed by atoms with Crippen LogP contribution in [0.5, 0.6) is 17.2 Å². The molecule has 2 atom stereocenters. The monoisotopic (exact) mass is 392 g/mol. The van der Waals surface area contributed by atoms with Gasteiger partial charge in [-0.15, -0.1) is 11.3 Å². The smallest absolute Gasteiger partial charge is 0.223 e. The number of hydrazone groups is 1. The molecule has 2 aliphatic heterocycles. The molecule has 0 fully saturated rings. The molecular weight excluding hydrogens is 372 g/mol. The predicted octanol–water partition coefficient (Wildman–Crippen LogP) is 5.09. The Labute approximate surface area is 167 Å². The summed E-state index contributed by atoms with van der Waals surface area (Å²) in [5, 5.41) is 18.9. The van der Waals surface area contributed by atoms with Crippen molar-refractivity contribution in [2.24, 2.45) is 5.10 Å². The van der Waals surface area contributed by atoms with Crippen molar-refractivity contribution in [2.75, 3.05) is 6.61 Å². The summed E-state index contributed by atoms with van der Waals surface area (Å²) in [6, 6.07) is 17.5. The molecule has 0 aliphatic carbocycles. The maximum atomic E-state index is 9.88. The summed E-state index contributed by atoms with van der Waals surface area (Å²) in [5.41, 5.74) is 2.96. The van der Waals surface area contributed by atoms with Gasteiger partial charge in [-0.05, 0) is 36.6 Å². The van der Waals surface area contributed by atoms with E-state index in [4.69, 9.17) is 14.6 Å². The first-order valence-electron chi connectivity index (χ1n) is 9.35. The predicted molar refractivity (Wildman–Crippen MR) is 109 cm³/mol. The lowest BCUT2D eigenvalue weighted by atomic mass is 9.96. The number of benzene rings is 2. The van der Waals surface area contributed by atoms with E-state index in [1.807, 2.05) is 47.6 Å². The molecule has 6 heteroatoms. The van der Waals surface area contributed by atoms with Crippen LogP contribution >= 0.6 is 11.3 Å². The minimum absolute atomic E-state index is 0.0635. The van der Waals surface area contributed by atoms with E-state index in [2.05, 4.69) is 12.1 Å². The summed E-state index contributed by atoms with van der Waals surface area (Å²) < 4.78 is 12.3. The van der Waals surface area contributed by atoms with E-state index < -0.39 is 0 Å². The van der Waals surface area contributed by atoms with Gasteiger partial charge in [0.25, 0.3) is 0 Å². The topological polar surface area (TPSA) is 54.3 Å². The first-order valence-corrected chi connectivity index (χ1v) is 10.2. The van der Waals surface area contributed by atoms with Crippen LogP contribution in [0.1, 0.15) is 41.6 Å². The summed E-state index contributed by atoms with van der Waals surface area (Å²) in [6.45, 7) is 2.56. The lowest BCUT2D eigenvalue weighted by Crippen LogP contribution is -2.33. The van der Waals surface area contributed by atoms with Gasteiger partial charge < -0.3 is 14.6 Å². The molecule has 2 aliphatic rings. The summed E-state index contributed by atoms with van der Waals surface area (Å²) in [6.07, 6.45) is 0.450. The second-order valence-electron chi connectivity index (χ2n) is 6.79. The van der Waals surface area contributed by atoms with Crippen molar-refractivity contribution < 1.29 is 14.6 Å². The van der Waals surface area contributed by atoms with Crippen molar-refractivity contribution in [1.82, 2.24) is 5.01 Å². The third-order valence-corrected chi connectivity index (χ3v) is 5.95. The maximum Gasteiger partial charge on any atom is 0.223 e. The quantitative estimate of drug-likeness (QED) is 0.672. The lowest BCUT2D eigenvalue weighted by molar-refractivity contribution is -0.0188. The molecule has 1 N–H and O–H groups in total. The number of hydrogen-bond acceptors (Lipinski definition) is 6. The molecule has 2 unspecified atom stereocenters. The summed E-state index contributed by atoms with van der Waals surface area (Å²) in [7, 11) is 0. The molecule has 5 rings (SSSR count). The highest BCUT2D eigenvalue weighted by Crippen LogP contribution is 2.51. The highest BCUT2D eigenvalue weighted by molar-refractivity contribution is 7.10. The number of thiophene rings is 1. The van der Waals surface area contributed by atoms with Crippen molar-refractivity contribution in [3.8, 4) is 17.2 Å². The van der Waals surface area contributed by atoms with Crippen molar-refractivity contribution in [1.29, 1.82) is 0 Å². The van der Waals surface area contributed by atoms with Gasteiger partial charge in [-0.3, -0.25) is 0 Å². The van der Waals surface area contributed by atoms with Crippen LogP contribution in [-0.4, -0.2) is 22.4 Å². The third-order valence-electron chi connectivity index (χ3n) is 5.05. The second-order valence-corrected chi connectivity index (χ2v) is 7.77. The maximum absolute atomic E-state index is 9.88. The van der Waals surface area contributed by atoms with E-state index >= 15 is 0 Å². The number of ether oxygens (including phenoxy) is 2. The molecule has 5 nitrogen and oxygen atoms in total. The number of phenols is 1. The van der Waals surface area contributed by atoms with E-state index in [1.54, 1.807) is 23.5 Å². The highest BCUT2D eigenvalue weighted by Gasteiger charge is 2.42. The zero-order chi connectivity index (χ0) is 19.1. The Morgan fingerprint density at radius 1 is 1.21 bits per heavy atom. The van der Waals surface area contributed by atoms with Gasteiger partial charge in [0.2, 0.25) is 6.23 Å². The van der Waals surface area contributed by atoms with Gasteiger partial charge in [0.15, 0.2) is 11.5 Å². The molecule has 28 heavy (non-hydrogen) atoms. The van der Waals surface area contributed by atoms with Gasteiger partial charge in [0, 0.05) is 17.5 Å². The van der Waals surface area contributed by atoms with Gasteiger partial charge in [0.05, 0.1) is 23.2 Å². The van der Waals surface area contributed by atoms with E-state index in [9.17, 15) is 5.11 Å². The average Bonchev–Trinajstić information content (AvgIpc) is 3.38. The number of rotatable bonds is 4. The number of phenolic OH excluding ortho intramolecular Hbond substituents is 1. The fourth-order valence-corrected chi connectivity index (χ4v) is 4.58. The zero-order valence-corrected chi connectivity index (χ0v) is 16.2. The van der Waals surface area contributed by atoms with Crippen LogP contribution < -0.4 is 9.47 Å². The molecule has 3 aromatic rings. The Morgan fingerprint density at radius 2 is 2.11 bits per heavy atom. The van der Waals surface area contributed by atoms with Crippen LogP contribution in [0.3, 0.4) is 0 Å². The average molecular weight is 392 g/mol. The van der Waals surface area contributed by atoms with E-state index in [1.165, 1.54) is 0 Å². The van der Waals surface area contributed by atoms with E-state index in [-0.39, 0.29) is 18.0 Å². The Balaban J connectivity index is 1.61. The fourth-order valence-electron chi connectivity index (χ4n) is 3.83. The van der Waals surface area contributed by atoms with Gasteiger partial charge in [-0.2, -0.15) is 5.10 Å². The normalized spacial score (nSPS) is 20.2. The first kappa shape index (κ1) is 17.1. The minimum Gasteiger partial charge on any atom is -0.508 e. The number of nitrogens with zero attached hydrogens (tertiary/aromatic N) is 2. The molecule has 0 saturated carbocycles. The van der Waals surface area contributed by atoms with Crippen molar-refractivity contribution in [3.63, 3.8) is 0 Å². The number of fused-ring (bicyclic) bond motifs is 3. The largest absolute Gasteiger partial charge is 0.508 e. The highest BCUT2D eigenvalue weighted by atomic mass is 32.1. The molecular formula is C22H20N2O3S. The van der Waals surface area contributed by atoms with Crippen molar-refractivity contribution in [2.45, 2.75) is 25.6 Å². The molecule has 0 bridgehead atoms. The molecule has 0 saturated heterocycles. The SMILES string of the molecule is CCOc1cccc2c1OC(c1cccs1)N1N=C(c3cccc(O)c3)CC21. The number of para-hydroxylation sites is 1. The fraction of sp³-hybridized carbons (Fsp3) is 0.227. The number of aromatic hydroxyl groups is 1. The molecule has 2 aromatic carbocycles. The van der Waals surface area contributed by atoms with E-state index in [0.717, 1.165) is 39.6 Å². The van der Waals surface area contributed by atoms with Crippen LogP contribution in [-0.2, 0) is 0 Å². The minimum atomic E-state index is -0.297. The standard InChI is InChI=1S/C22H20N2O3S/c1-2-26-19-9-4-8-16-18-13-17(14-6-3-7-15(25)12-14)23-24(18)22(27-21(16)19)20-10-5-11-28-20/h3-12,18,22,25H,2,13H2,1H3. The molecule has 3 heterocycles. The molecule has 0 spiro atoms. The van der Waals surface area contributed by atoms with Crippen LogP contribution in [0.4, 0.5) is 0 Å². The molecule has 142 valence electrons. The van der Waals surface area contributed by atoms with Crippen molar-refractivity contribution in [3.05, 3.63) is 76.0 Å². The van der Waals surface area contributed by atoms with E-state index in [0.29, 0.717) is 6.61 Å². The lowest BCUT2D eigenvalue weighted by Gasteiger charge is -2.38. The van der Waals surface area contributed by atoms with Crippen LogP contribution in [0.2, 0.25) is 0 Å². The Hall–Kier alpha value is -2.99. The van der Waals surface area contributed by atoms with Gasteiger partial charge in [0.1, 0.15) is 5.75 Å². The first-order chi connectivity index (χ1) is 13.7. The summed E-state index contributed by atoms with van der Waals surface area (Å²) >= 11 is 1.66. The third kappa shape index (κ3) is 2.81. The number of hydrogen-bond donors (Lipinski definition) is 1. The van der Waals surface area contributed by atoms with Gasteiger partial charge >= 0.3 is 0 Å². The summed E-state index contributed by atoms with van der Waals surface area (Å²) in [5.74, 6) is 1.82. The summed E-state index contributed by atoms with van der Waals surface area (Å²) in [4.78, 5) is 1.10. The van der Waals surface area contributed by atoms with Crippen LogP contribution in [0.25, 0.3) is 0 Å². The molecule has 0 radical (unpaired) electrons. The van der Waals surface area contributed by atoms with Crippen LogP contribution in [0, 0.1) is 0 Å². The van der Waals surface area contributed by atoms with Gasteiger partial charge in [-0.25, -0.2) is 5.01 Å². The Bertz CT molecular complexity index is 1030. The second kappa shape index (κ2) is 6.87.